The van der Waals surface area contributed by atoms with E-state index in [4.69, 9.17) is 4.74 Å². The molecule has 1 aliphatic carbocycles. The molecule has 0 aromatic heterocycles. The van der Waals surface area contributed by atoms with E-state index < -0.39 is 0 Å². The number of benzene rings is 1. The highest BCUT2D eigenvalue weighted by atomic mass is 16.5. The lowest BCUT2D eigenvalue weighted by Crippen LogP contribution is -2.30. The highest BCUT2D eigenvalue weighted by Gasteiger charge is 2.15. The summed E-state index contributed by atoms with van der Waals surface area (Å²) in [4.78, 5) is 11.7. The number of hydrogen-bond donors (Lipinski definition) is 1. The summed E-state index contributed by atoms with van der Waals surface area (Å²) in [6.45, 7) is 4.10. The van der Waals surface area contributed by atoms with Gasteiger partial charge in [0, 0.05) is 12.1 Å². The molecule has 0 aliphatic heterocycles. The van der Waals surface area contributed by atoms with Gasteiger partial charge in [0.15, 0.2) is 0 Å². The normalized spacial score (nSPS) is 15.4. The third kappa shape index (κ3) is 4.57. The van der Waals surface area contributed by atoms with Crippen LogP contribution in [0, 0.1) is 0 Å². The zero-order valence-electron chi connectivity index (χ0n) is 11.7. The fraction of sp³-hybridized carbons (Fsp3) is 0.353. The predicted molar refractivity (Wildman–Crippen MR) is 81.6 cm³/mol. The Morgan fingerprint density at radius 3 is 2.65 bits per heavy atom. The van der Waals surface area contributed by atoms with E-state index in [0.29, 0.717) is 12.6 Å². The van der Waals surface area contributed by atoms with E-state index in [1.54, 1.807) is 12.2 Å². The van der Waals surface area contributed by atoms with Crippen molar-refractivity contribution in [1.29, 1.82) is 0 Å². The molecule has 1 fully saturated rings. The fourth-order valence-electron chi connectivity index (χ4n) is 2.32. The molecule has 2 rings (SSSR count). The molecule has 0 radical (unpaired) electrons. The van der Waals surface area contributed by atoms with Crippen molar-refractivity contribution in [2.45, 2.75) is 31.7 Å². The molecule has 3 nitrogen and oxygen atoms in total. The Hall–Kier alpha value is -2.03. The topological polar surface area (TPSA) is 38.3 Å². The molecule has 3 heteroatoms. The van der Waals surface area contributed by atoms with Gasteiger partial charge < -0.3 is 10.1 Å². The molecule has 0 heterocycles. The molecule has 20 heavy (non-hydrogen) atoms. The van der Waals surface area contributed by atoms with E-state index >= 15 is 0 Å². The van der Waals surface area contributed by atoms with Crippen LogP contribution in [0.25, 0.3) is 6.08 Å². The first-order valence-corrected chi connectivity index (χ1v) is 7.10. The third-order valence-corrected chi connectivity index (χ3v) is 3.38. The van der Waals surface area contributed by atoms with Crippen LogP contribution in [0.5, 0.6) is 5.75 Å². The van der Waals surface area contributed by atoms with Gasteiger partial charge in [0.05, 0.1) is 0 Å². The second-order valence-electron chi connectivity index (χ2n) is 4.99. The summed E-state index contributed by atoms with van der Waals surface area (Å²) < 4.78 is 5.40. The largest absolute Gasteiger partial charge is 0.490 e. The molecule has 0 atom stereocenters. The number of carbonyl (C=O) groups excluding carboxylic acids is 1. The van der Waals surface area contributed by atoms with Crippen LogP contribution >= 0.6 is 0 Å². The first kappa shape index (κ1) is 14.4. The Bertz CT molecular complexity index is 470. The minimum atomic E-state index is -0.0103. The molecule has 1 aromatic rings. The van der Waals surface area contributed by atoms with Crippen molar-refractivity contribution < 1.29 is 9.53 Å². The van der Waals surface area contributed by atoms with Gasteiger partial charge in [-0.2, -0.15) is 0 Å². The van der Waals surface area contributed by atoms with Gasteiger partial charge >= 0.3 is 0 Å². The summed E-state index contributed by atoms with van der Waals surface area (Å²) in [6.07, 6.45) is 9.78. The van der Waals surface area contributed by atoms with Crippen LogP contribution < -0.4 is 10.1 Å². The van der Waals surface area contributed by atoms with Gasteiger partial charge in [0.25, 0.3) is 0 Å². The number of amides is 1. The monoisotopic (exact) mass is 271 g/mol. The molecule has 106 valence electrons. The summed E-state index contributed by atoms with van der Waals surface area (Å²) in [7, 11) is 0. The van der Waals surface area contributed by atoms with E-state index in [-0.39, 0.29) is 5.91 Å². The van der Waals surface area contributed by atoms with Gasteiger partial charge in [0.1, 0.15) is 12.4 Å². The second-order valence-corrected chi connectivity index (χ2v) is 4.99. The van der Waals surface area contributed by atoms with Crippen molar-refractivity contribution >= 4 is 12.0 Å². The van der Waals surface area contributed by atoms with E-state index in [1.807, 2.05) is 30.3 Å². The lowest BCUT2D eigenvalue weighted by Gasteiger charge is -2.09. The van der Waals surface area contributed by atoms with E-state index in [0.717, 1.165) is 24.2 Å². The molecule has 0 unspecified atom stereocenters. The molecule has 1 aromatic carbocycles. The minimum absolute atomic E-state index is 0.0103. The Morgan fingerprint density at radius 1 is 1.30 bits per heavy atom. The molecule has 1 amide bonds. The van der Waals surface area contributed by atoms with Crippen molar-refractivity contribution in [2.24, 2.45) is 0 Å². The number of nitrogens with one attached hydrogen (secondary N) is 1. The van der Waals surface area contributed by atoms with E-state index in [9.17, 15) is 4.79 Å². The van der Waals surface area contributed by atoms with Crippen molar-refractivity contribution in [2.75, 3.05) is 6.61 Å². The van der Waals surface area contributed by atoms with Crippen molar-refractivity contribution in [1.82, 2.24) is 5.32 Å². The van der Waals surface area contributed by atoms with Crippen LogP contribution in [-0.4, -0.2) is 18.6 Å². The number of hydrogen-bond acceptors (Lipinski definition) is 2. The van der Waals surface area contributed by atoms with Crippen LogP contribution in [0.3, 0.4) is 0 Å². The second kappa shape index (κ2) is 7.53. The number of rotatable bonds is 6. The van der Waals surface area contributed by atoms with Gasteiger partial charge in [-0.15, -0.1) is 0 Å². The molecule has 1 saturated carbocycles. The predicted octanol–water partition coefficient (Wildman–Crippen LogP) is 3.32. The standard InChI is InChI=1S/C17H21NO2/c1-2-13-20-16-10-7-14(8-11-16)9-12-17(19)18-15-5-3-4-6-15/h2,7-12,15H,1,3-6,13H2,(H,18,19)/b12-9+. The quantitative estimate of drug-likeness (QED) is 0.636. The molecule has 1 N–H and O–H groups in total. The summed E-state index contributed by atoms with van der Waals surface area (Å²) >= 11 is 0. The smallest absolute Gasteiger partial charge is 0.244 e. The maximum atomic E-state index is 11.7. The fourth-order valence-corrected chi connectivity index (χ4v) is 2.32. The van der Waals surface area contributed by atoms with Crippen LogP contribution in [0.15, 0.2) is 43.0 Å². The number of carbonyl (C=O) groups is 1. The Labute approximate surface area is 120 Å². The zero-order valence-corrected chi connectivity index (χ0v) is 11.7. The zero-order chi connectivity index (χ0) is 14.2. The molecule has 0 saturated heterocycles. The first-order chi connectivity index (χ1) is 9.78. The van der Waals surface area contributed by atoms with E-state index in [2.05, 4.69) is 11.9 Å². The maximum Gasteiger partial charge on any atom is 0.244 e. The van der Waals surface area contributed by atoms with Gasteiger partial charge in [-0.25, -0.2) is 0 Å². The van der Waals surface area contributed by atoms with Crippen LogP contribution in [0.1, 0.15) is 31.2 Å². The maximum absolute atomic E-state index is 11.7. The van der Waals surface area contributed by atoms with Crippen molar-refractivity contribution in [3.8, 4) is 5.75 Å². The molecule has 0 bridgehead atoms. The summed E-state index contributed by atoms with van der Waals surface area (Å²) in [6, 6.07) is 7.99. The van der Waals surface area contributed by atoms with Gasteiger partial charge in [-0.05, 0) is 36.6 Å². The van der Waals surface area contributed by atoms with Crippen LogP contribution in [0.4, 0.5) is 0 Å². The lowest BCUT2D eigenvalue weighted by atomic mass is 10.2. The van der Waals surface area contributed by atoms with Crippen LogP contribution in [-0.2, 0) is 4.79 Å². The summed E-state index contributed by atoms with van der Waals surface area (Å²) in [5, 5.41) is 3.03. The molecule has 0 spiro atoms. The molecular formula is C17H21NO2. The van der Waals surface area contributed by atoms with E-state index in [1.165, 1.54) is 12.8 Å². The average molecular weight is 271 g/mol. The van der Waals surface area contributed by atoms with Gasteiger partial charge in [-0.1, -0.05) is 37.6 Å². The van der Waals surface area contributed by atoms with Crippen molar-refractivity contribution in [3.63, 3.8) is 0 Å². The van der Waals surface area contributed by atoms with Crippen LogP contribution in [0.2, 0.25) is 0 Å². The molecule has 1 aliphatic rings. The average Bonchev–Trinajstić information content (AvgIpc) is 2.97. The first-order valence-electron chi connectivity index (χ1n) is 7.10. The third-order valence-electron chi connectivity index (χ3n) is 3.38. The van der Waals surface area contributed by atoms with Gasteiger partial charge in [-0.3, -0.25) is 4.79 Å². The highest BCUT2D eigenvalue weighted by Crippen LogP contribution is 2.17. The SMILES string of the molecule is C=CCOc1ccc(/C=C/C(=O)NC2CCCC2)cc1. The summed E-state index contributed by atoms with van der Waals surface area (Å²) in [5.41, 5.74) is 0.984. The highest BCUT2D eigenvalue weighted by molar-refractivity contribution is 5.91. The summed E-state index contributed by atoms with van der Waals surface area (Å²) in [5.74, 6) is 0.793. The Morgan fingerprint density at radius 2 is 2.00 bits per heavy atom. The van der Waals surface area contributed by atoms with Gasteiger partial charge in [0.2, 0.25) is 5.91 Å². The minimum Gasteiger partial charge on any atom is -0.490 e. The van der Waals surface area contributed by atoms with Crippen molar-refractivity contribution in [3.05, 3.63) is 48.6 Å². The Kier molecular flexibility index (Phi) is 5.42. The lowest BCUT2D eigenvalue weighted by molar-refractivity contribution is -0.117. The Balaban J connectivity index is 1.83. The molecular weight excluding hydrogens is 250 g/mol. The number of ether oxygens (including phenoxy) is 1.